The first-order chi connectivity index (χ1) is 13.8. The fraction of sp³-hybridized carbons (Fsp3) is 0.364. The number of carbonyl (C=O) groups excluding carboxylic acids is 1. The van der Waals surface area contributed by atoms with Crippen molar-refractivity contribution in [2.45, 2.75) is 37.8 Å². The van der Waals surface area contributed by atoms with Crippen LogP contribution in [0.2, 0.25) is 5.02 Å². The van der Waals surface area contributed by atoms with Crippen molar-refractivity contribution in [2.24, 2.45) is 15.9 Å². The maximum absolute atomic E-state index is 13.6. The Morgan fingerprint density at radius 3 is 2.52 bits per heavy atom. The van der Waals surface area contributed by atoms with Crippen molar-refractivity contribution < 1.29 is 18.7 Å². The maximum Gasteiger partial charge on any atom is 0.249 e. The fourth-order valence-corrected chi connectivity index (χ4v) is 5.51. The molecule has 0 aromatic heterocycles. The van der Waals surface area contributed by atoms with Crippen LogP contribution in [0.25, 0.3) is 0 Å². The van der Waals surface area contributed by atoms with Crippen molar-refractivity contribution in [3.8, 4) is 0 Å². The summed E-state index contributed by atoms with van der Waals surface area (Å²) >= 11 is 6.03. The predicted octanol–water partition coefficient (Wildman–Crippen LogP) is 4.78. The van der Waals surface area contributed by atoms with E-state index in [-0.39, 0.29) is 11.3 Å². The van der Waals surface area contributed by atoms with Gasteiger partial charge in [0.25, 0.3) is 0 Å². The molecule has 0 saturated heterocycles. The van der Waals surface area contributed by atoms with Gasteiger partial charge < -0.3 is 5.11 Å². The van der Waals surface area contributed by atoms with E-state index in [0.717, 1.165) is 11.6 Å². The van der Waals surface area contributed by atoms with Gasteiger partial charge in [0.2, 0.25) is 5.91 Å². The highest BCUT2D eigenvalue weighted by molar-refractivity contribution is 6.30. The standard InChI is InChI=1S/C22H19ClF2N2O2/c23-15-3-1-2-13(6-15)19(28)21-10-22(11-21,12-21)20(29)27-18(4-5-26-27)14-7-16(24)9-17(25)8-14/h1-3,5-9,18-19,28H,4,10-12H2. The first-order valence-electron chi connectivity index (χ1n) is 9.58. The molecule has 2 aromatic rings. The van der Waals surface area contributed by atoms with Gasteiger partial charge in [-0.1, -0.05) is 23.7 Å². The van der Waals surface area contributed by atoms with E-state index >= 15 is 0 Å². The lowest BCUT2D eigenvalue weighted by Gasteiger charge is -2.71. The normalized spacial score (nSPS) is 30.6. The average Bonchev–Trinajstić information content (AvgIpc) is 3.08. The summed E-state index contributed by atoms with van der Waals surface area (Å²) in [5.74, 6) is -1.48. The molecule has 3 saturated carbocycles. The minimum Gasteiger partial charge on any atom is -0.388 e. The second-order valence-electron chi connectivity index (χ2n) is 8.53. The SMILES string of the molecule is O=C(N1N=CCC1c1cc(F)cc(F)c1)C12CC(C(O)c3cccc(Cl)c3)(C1)C2. The second-order valence-corrected chi connectivity index (χ2v) is 8.97. The molecule has 0 radical (unpaired) electrons. The Bertz CT molecular complexity index is 1000. The Kier molecular flexibility index (Phi) is 4.09. The number of halogens is 3. The van der Waals surface area contributed by atoms with Gasteiger partial charge in [-0.2, -0.15) is 5.10 Å². The summed E-state index contributed by atoms with van der Waals surface area (Å²) in [6.45, 7) is 0. The molecule has 6 rings (SSSR count). The van der Waals surface area contributed by atoms with E-state index in [1.807, 2.05) is 6.07 Å². The quantitative estimate of drug-likeness (QED) is 0.779. The zero-order chi connectivity index (χ0) is 20.4. The molecule has 1 N–H and O–H groups in total. The monoisotopic (exact) mass is 416 g/mol. The molecule has 3 aliphatic carbocycles. The highest BCUT2D eigenvalue weighted by Crippen LogP contribution is 2.78. The summed E-state index contributed by atoms with van der Waals surface area (Å²) in [6, 6.07) is 9.94. The number of rotatable bonds is 4. The third kappa shape index (κ3) is 2.81. The maximum atomic E-state index is 13.6. The summed E-state index contributed by atoms with van der Waals surface area (Å²) in [6.07, 6.45) is 3.06. The number of hydrazone groups is 1. The Balaban J connectivity index is 1.32. The van der Waals surface area contributed by atoms with Crippen LogP contribution in [0.5, 0.6) is 0 Å². The fourth-order valence-electron chi connectivity index (χ4n) is 5.31. The van der Waals surface area contributed by atoms with Gasteiger partial charge in [0.05, 0.1) is 17.6 Å². The molecule has 4 aliphatic rings. The number of amides is 1. The van der Waals surface area contributed by atoms with Crippen LogP contribution in [0.3, 0.4) is 0 Å². The smallest absolute Gasteiger partial charge is 0.249 e. The average molecular weight is 417 g/mol. The van der Waals surface area contributed by atoms with E-state index < -0.39 is 29.2 Å². The summed E-state index contributed by atoms with van der Waals surface area (Å²) in [4.78, 5) is 13.2. The topological polar surface area (TPSA) is 52.9 Å². The third-order valence-electron chi connectivity index (χ3n) is 6.58. The first-order valence-corrected chi connectivity index (χ1v) is 9.95. The van der Waals surface area contributed by atoms with E-state index in [4.69, 9.17) is 11.6 Å². The molecular weight excluding hydrogens is 398 g/mol. The summed E-state index contributed by atoms with van der Waals surface area (Å²) < 4.78 is 27.3. The summed E-state index contributed by atoms with van der Waals surface area (Å²) in [7, 11) is 0. The molecular formula is C22H19ClF2N2O2. The zero-order valence-electron chi connectivity index (χ0n) is 15.5. The van der Waals surface area contributed by atoms with Crippen LogP contribution in [-0.4, -0.2) is 22.2 Å². The number of aliphatic hydroxyl groups excluding tert-OH is 1. The van der Waals surface area contributed by atoms with Crippen LogP contribution >= 0.6 is 11.6 Å². The van der Waals surface area contributed by atoms with Crippen LogP contribution in [0, 0.1) is 22.5 Å². The van der Waals surface area contributed by atoms with E-state index in [0.29, 0.717) is 36.3 Å². The Labute approximate surface area is 171 Å². The van der Waals surface area contributed by atoms with E-state index in [1.54, 1.807) is 24.4 Å². The molecule has 1 aliphatic heterocycles. The summed E-state index contributed by atoms with van der Waals surface area (Å²) in [5, 5.41) is 16.9. The Hall–Kier alpha value is -2.31. The first kappa shape index (κ1) is 18.7. The van der Waals surface area contributed by atoms with Gasteiger partial charge in [-0.05, 0) is 54.7 Å². The molecule has 7 heteroatoms. The highest BCUT2D eigenvalue weighted by Gasteiger charge is 2.74. The van der Waals surface area contributed by atoms with Crippen molar-refractivity contribution >= 4 is 23.7 Å². The van der Waals surface area contributed by atoms with E-state index in [9.17, 15) is 18.7 Å². The van der Waals surface area contributed by atoms with Crippen LogP contribution in [0.4, 0.5) is 8.78 Å². The number of hydrogen-bond acceptors (Lipinski definition) is 3. The summed E-state index contributed by atoms with van der Waals surface area (Å²) in [5.41, 5.74) is 0.287. The van der Waals surface area contributed by atoms with Gasteiger partial charge in [-0.3, -0.25) is 4.79 Å². The highest BCUT2D eigenvalue weighted by atomic mass is 35.5. The molecule has 2 unspecified atom stereocenters. The number of benzene rings is 2. The van der Waals surface area contributed by atoms with Crippen LogP contribution in [0.15, 0.2) is 47.6 Å². The van der Waals surface area contributed by atoms with Crippen LogP contribution in [0.1, 0.15) is 49.0 Å². The van der Waals surface area contributed by atoms with Gasteiger partial charge >= 0.3 is 0 Å². The van der Waals surface area contributed by atoms with Crippen molar-refractivity contribution in [3.63, 3.8) is 0 Å². The lowest BCUT2D eigenvalue weighted by Crippen LogP contribution is -2.69. The van der Waals surface area contributed by atoms with Crippen LogP contribution < -0.4 is 0 Å². The largest absolute Gasteiger partial charge is 0.388 e. The van der Waals surface area contributed by atoms with Gasteiger partial charge in [-0.25, -0.2) is 13.8 Å². The minimum atomic E-state index is -0.675. The molecule has 150 valence electrons. The molecule has 2 bridgehead atoms. The molecule has 1 amide bonds. The molecule has 3 fully saturated rings. The van der Waals surface area contributed by atoms with Gasteiger partial charge in [0.1, 0.15) is 11.6 Å². The van der Waals surface area contributed by atoms with Gasteiger partial charge in [-0.15, -0.1) is 0 Å². The van der Waals surface area contributed by atoms with Crippen molar-refractivity contribution in [3.05, 3.63) is 70.2 Å². The van der Waals surface area contributed by atoms with Crippen LogP contribution in [-0.2, 0) is 4.79 Å². The van der Waals surface area contributed by atoms with Gasteiger partial charge in [0.15, 0.2) is 0 Å². The predicted molar refractivity (Wildman–Crippen MR) is 104 cm³/mol. The molecule has 2 aromatic carbocycles. The minimum absolute atomic E-state index is 0.138. The second kappa shape index (κ2) is 6.34. The number of aliphatic hydroxyl groups is 1. The van der Waals surface area contributed by atoms with Crippen molar-refractivity contribution in [1.82, 2.24) is 5.01 Å². The van der Waals surface area contributed by atoms with Crippen molar-refractivity contribution in [1.29, 1.82) is 0 Å². The lowest BCUT2D eigenvalue weighted by molar-refractivity contribution is -0.254. The van der Waals surface area contributed by atoms with E-state index in [2.05, 4.69) is 5.10 Å². The molecule has 2 atom stereocenters. The van der Waals surface area contributed by atoms with Gasteiger partial charge in [0, 0.05) is 29.1 Å². The number of nitrogens with zero attached hydrogens (tertiary/aromatic N) is 2. The Morgan fingerprint density at radius 1 is 1.17 bits per heavy atom. The number of carbonyl (C=O) groups is 1. The molecule has 0 spiro atoms. The molecule has 1 heterocycles. The third-order valence-corrected chi connectivity index (χ3v) is 6.81. The zero-order valence-corrected chi connectivity index (χ0v) is 16.2. The number of hydrogen-bond donors (Lipinski definition) is 1. The Morgan fingerprint density at radius 2 is 1.86 bits per heavy atom. The van der Waals surface area contributed by atoms with E-state index in [1.165, 1.54) is 17.1 Å². The van der Waals surface area contributed by atoms with Crippen molar-refractivity contribution in [2.75, 3.05) is 0 Å². The molecule has 29 heavy (non-hydrogen) atoms. The molecule has 4 nitrogen and oxygen atoms in total. The lowest BCUT2D eigenvalue weighted by atomic mass is 9.33.